The van der Waals surface area contributed by atoms with E-state index >= 15 is 0 Å². The molecule has 0 saturated carbocycles. The summed E-state index contributed by atoms with van der Waals surface area (Å²) >= 11 is 0. The molecule has 2 amide bonds. The fourth-order valence-corrected chi connectivity index (χ4v) is 0.851. The molecule has 0 saturated heterocycles. The summed E-state index contributed by atoms with van der Waals surface area (Å²) in [7, 11) is 0. The molecule has 0 heterocycles. The Balaban J connectivity index is 3.24. The van der Waals surface area contributed by atoms with E-state index in [4.69, 9.17) is 16.3 Å². The second kappa shape index (κ2) is 9.80. The van der Waals surface area contributed by atoms with Crippen molar-refractivity contribution in [1.82, 2.24) is 10.6 Å². The van der Waals surface area contributed by atoms with Crippen LogP contribution < -0.4 is 10.6 Å². The van der Waals surface area contributed by atoms with Crippen molar-refractivity contribution in [3.8, 4) is 12.3 Å². The SMILES string of the molecule is C#CCCCNC(=O)NCCOCC(=O)O. The number of rotatable bonds is 8. The monoisotopic (exact) mass is 228 g/mol. The molecule has 0 aromatic rings. The third kappa shape index (κ3) is 10.3. The highest BCUT2D eigenvalue weighted by Crippen LogP contribution is 1.82. The van der Waals surface area contributed by atoms with E-state index in [9.17, 15) is 9.59 Å². The second-order valence-corrected chi connectivity index (χ2v) is 2.94. The molecule has 90 valence electrons. The van der Waals surface area contributed by atoms with Gasteiger partial charge < -0.3 is 20.5 Å². The van der Waals surface area contributed by atoms with Gasteiger partial charge in [0.15, 0.2) is 0 Å². The molecule has 3 N–H and O–H groups in total. The first kappa shape index (κ1) is 14.3. The topological polar surface area (TPSA) is 87.7 Å². The summed E-state index contributed by atoms with van der Waals surface area (Å²) in [6.45, 7) is 0.607. The van der Waals surface area contributed by atoms with Gasteiger partial charge in [0.1, 0.15) is 6.61 Å². The van der Waals surface area contributed by atoms with Gasteiger partial charge in [-0.25, -0.2) is 9.59 Å². The predicted octanol–water partition coefficient (Wildman–Crippen LogP) is -0.200. The predicted molar refractivity (Wildman–Crippen MR) is 57.9 cm³/mol. The van der Waals surface area contributed by atoms with Crippen LogP contribution in [0.5, 0.6) is 0 Å². The average Bonchev–Trinajstić information content (AvgIpc) is 2.23. The van der Waals surface area contributed by atoms with E-state index in [0.29, 0.717) is 13.0 Å². The normalized spacial score (nSPS) is 9.19. The van der Waals surface area contributed by atoms with Crippen molar-refractivity contribution in [3.63, 3.8) is 0 Å². The molecule has 0 aliphatic heterocycles. The van der Waals surface area contributed by atoms with Crippen molar-refractivity contribution < 1.29 is 19.4 Å². The number of nitrogens with one attached hydrogen (secondary N) is 2. The molecule has 0 radical (unpaired) electrons. The van der Waals surface area contributed by atoms with Gasteiger partial charge in [-0.1, -0.05) is 0 Å². The third-order valence-electron chi connectivity index (χ3n) is 1.54. The zero-order chi connectivity index (χ0) is 12.2. The molecule has 0 aromatic heterocycles. The van der Waals surface area contributed by atoms with E-state index < -0.39 is 5.97 Å². The van der Waals surface area contributed by atoms with Crippen molar-refractivity contribution in [2.24, 2.45) is 0 Å². The van der Waals surface area contributed by atoms with Gasteiger partial charge in [0.05, 0.1) is 6.61 Å². The minimum absolute atomic E-state index is 0.171. The van der Waals surface area contributed by atoms with Gasteiger partial charge in [-0.05, 0) is 6.42 Å². The van der Waals surface area contributed by atoms with E-state index in [-0.39, 0.29) is 25.8 Å². The van der Waals surface area contributed by atoms with Crippen LogP contribution >= 0.6 is 0 Å². The van der Waals surface area contributed by atoms with E-state index in [2.05, 4.69) is 16.6 Å². The molecule has 0 aromatic carbocycles. The van der Waals surface area contributed by atoms with Gasteiger partial charge in [0, 0.05) is 19.5 Å². The fraction of sp³-hybridized carbons (Fsp3) is 0.600. The number of hydrogen-bond donors (Lipinski definition) is 3. The smallest absolute Gasteiger partial charge is 0.329 e. The summed E-state index contributed by atoms with van der Waals surface area (Å²) < 4.78 is 4.72. The Kier molecular flexibility index (Phi) is 8.74. The lowest BCUT2D eigenvalue weighted by atomic mass is 10.3. The molecular formula is C10H16N2O4. The molecule has 0 spiro atoms. The number of amides is 2. The van der Waals surface area contributed by atoms with Crippen LogP contribution in [0.25, 0.3) is 0 Å². The Hall–Kier alpha value is -1.74. The number of unbranched alkanes of at least 4 members (excludes halogenated alkanes) is 1. The summed E-state index contributed by atoms with van der Waals surface area (Å²) in [6.07, 6.45) is 6.40. The summed E-state index contributed by atoms with van der Waals surface area (Å²) in [4.78, 5) is 21.1. The Bertz CT molecular complexity index is 260. The molecule has 0 bridgehead atoms. The lowest BCUT2D eigenvalue weighted by molar-refractivity contribution is -0.142. The van der Waals surface area contributed by atoms with Gasteiger partial charge in [0.25, 0.3) is 0 Å². The van der Waals surface area contributed by atoms with E-state index in [0.717, 1.165) is 6.42 Å². The summed E-state index contributed by atoms with van der Waals surface area (Å²) in [5.74, 6) is 1.44. The molecule has 6 nitrogen and oxygen atoms in total. The van der Waals surface area contributed by atoms with E-state index in [1.807, 2.05) is 0 Å². The molecule has 0 fully saturated rings. The maximum atomic E-state index is 11.1. The Morgan fingerprint density at radius 1 is 1.31 bits per heavy atom. The Morgan fingerprint density at radius 3 is 2.62 bits per heavy atom. The highest BCUT2D eigenvalue weighted by molar-refractivity contribution is 5.73. The lowest BCUT2D eigenvalue weighted by Gasteiger charge is -2.06. The maximum Gasteiger partial charge on any atom is 0.329 e. The highest BCUT2D eigenvalue weighted by Gasteiger charge is 1.99. The maximum absolute atomic E-state index is 11.1. The second-order valence-electron chi connectivity index (χ2n) is 2.94. The largest absolute Gasteiger partial charge is 0.480 e. The van der Waals surface area contributed by atoms with Gasteiger partial charge in [-0.2, -0.15) is 0 Å². The lowest BCUT2D eigenvalue weighted by Crippen LogP contribution is -2.37. The van der Waals surface area contributed by atoms with Crippen molar-refractivity contribution in [2.75, 3.05) is 26.3 Å². The number of hydrogen-bond acceptors (Lipinski definition) is 3. The average molecular weight is 228 g/mol. The van der Waals surface area contributed by atoms with Gasteiger partial charge in [-0.3, -0.25) is 0 Å². The third-order valence-corrected chi connectivity index (χ3v) is 1.54. The molecule has 0 unspecified atom stereocenters. The number of carboxylic acids is 1. The molecule has 6 heteroatoms. The number of urea groups is 1. The van der Waals surface area contributed by atoms with Crippen molar-refractivity contribution in [2.45, 2.75) is 12.8 Å². The van der Waals surface area contributed by atoms with Crippen LogP contribution in [-0.2, 0) is 9.53 Å². The van der Waals surface area contributed by atoms with Crippen LogP contribution in [-0.4, -0.2) is 43.4 Å². The number of aliphatic carboxylic acids is 1. The van der Waals surface area contributed by atoms with Crippen LogP contribution in [0.3, 0.4) is 0 Å². The van der Waals surface area contributed by atoms with Crippen LogP contribution in [0.4, 0.5) is 4.79 Å². The standard InChI is InChI=1S/C10H16N2O4/c1-2-3-4-5-11-10(15)12-6-7-16-8-9(13)14/h1H,3-8H2,(H,13,14)(H2,11,12,15). The van der Waals surface area contributed by atoms with Gasteiger partial charge in [0.2, 0.25) is 0 Å². The van der Waals surface area contributed by atoms with E-state index in [1.165, 1.54) is 0 Å². The molecule has 0 atom stereocenters. The molecule has 0 aliphatic carbocycles. The zero-order valence-corrected chi connectivity index (χ0v) is 8.99. The number of carbonyl (C=O) groups is 2. The summed E-state index contributed by atoms with van der Waals surface area (Å²) in [5.41, 5.74) is 0. The van der Waals surface area contributed by atoms with Crippen molar-refractivity contribution in [1.29, 1.82) is 0 Å². The number of carbonyl (C=O) groups excluding carboxylic acids is 1. The number of ether oxygens (including phenoxy) is 1. The van der Waals surface area contributed by atoms with Crippen molar-refractivity contribution >= 4 is 12.0 Å². The molecule has 0 rings (SSSR count). The van der Waals surface area contributed by atoms with Crippen LogP contribution in [0.15, 0.2) is 0 Å². The Morgan fingerprint density at radius 2 is 2.00 bits per heavy atom. The van der Waals surface area contributed by atoms with Crippen LogP contribution in [0.2, 0.25) is 0 Å². The molecule has 0 aliphatic rings. The minimum atomic E-state index is -1.03. The highest BCUT2D eigenvalue weighted by atomic mass is 16.5. The Labute approximate surface area is 94.4 Å². The molecule has 16 heavy (non-hydrogen) atoms. The first-order chi connectivity index (χ1) is 7.66. The first-order valence-corrected chi connectivity index (χ1v) is 4.91. The summed E-state index contributed by atoms with van der Waals surface area (Å²) in [6, 6.07) is -0.309. The van der Waals surface area contributed by atoms with Crippen LogP contribution in [0, 0.1) is 12.3 Å². The van der Waals surface area contributed by atoms with E-state index in [1.54, 1.807) is 0 Å². The number of carboxylic acid groups (broad SMARTS) is 1. The first-order valence-electron chi connectivity index (χ1n) is 4.91. The number of terminal acetylenes is 1. The van der Waals surface area contributed by atoms with Crippen molar-refractivity contribution in [3.05, 3.63) is 0 Å². The minimum Gasteiger partial charge on any atom is -0.480 e. The van der Waals surface area contributed by atoms with Gasteiger partial charge in [-0.15, -0.1) is 12.3 Å². The van der Waals surface area contributed by atoms with Gasteiger partial charge >= 0.3 is 12.0 Å². The fourth-order valence-electron chi connectivity index (χ4n) is 0.851. The quantitative estimate of drug-likeness (QED) is 0.396. The summed E-state index contributed by atoms with van der Waals surface area (Å²) in [5, 5.41) is 13.4. The molecular weight excluding hydrogens is 212 g/mol. The zero-order valence-electron chi connectivity index (χ0n) is 8.99. The van der Waals surface area contributed by atoms with Crippen LogP contribution in [0.1, 0.15) is 12.8 Å².